The number of rotatable bonds is 5. The smallest absolute Gasteiger partial charge is 0.134 e. The monoisotopic (exact) mass is 345 g/mol. The van der Waals surface area contributed by atoms with Crippen LogP contribution < -0.4 is 10.1 Å². The van der Waals surface area contributed by atoms with Crippen LogP contribution in [-0.4, -0.2) is 18.7 Å². The first-order valence-corrected chi connectivity index (χ1v) is 8.03. The topological polar surface area (TPSA) is 21.3 Å². The fraction of sp³-hybridized carbons (Fsp3) is 0.600. The summed E-state index contributed by atoms with van der Waals surface area (Å²) in [4.78, 5) is 0. The van der Waals surface area contributed by atoms with Gasteiger partial charge in [-0.25, -0.2) is 0 Å². The van der Waals surface area contributed by atoms with E-state index in [-0.39, 0.29) is 11.5 Å². The third-order valence-corrected chi connectivity index (χ3v) is 5.21. The molecule has 0 aliphatic heterocycles. The maximum atomic E-state index is 6.17. The van der Waals surface area contributed by atoms with Gasteiger partial charge in [-0.1, -0.05) is 32.4 Å². The SMILES string of the molecule is CCNC1CC(Oc2ccc(Cl)cc2Br)C1(C)CC. The fourth-order valence-electron chi connectivity index (χ4n) is 2.76. The normalized spacial score (nSPS) is 29.9. The van der Waals surface area contributed by atoms with Gasteiger partial charge in [-0.2, -0.15) is 0 Å². The first kappa shape index (κ1) is 15.1. The Kier molecular flexibility index (Phi) is 4.80. The summed E-state index contributed by atoms with van der Waals surface area (Å²) in [7, 11) is 0. The molecule has 0 aromatic heterocycles. The van der Waals surface area contributed by atoms with E-state index < -0.39 is 0 Å². The standard InChI is InChI=1S/C15H21BrClNO/c1-4-15(3)13(18-5-2)9-14(15)19-12-7-6-10(17)8-11(12)16/h6-8,13-14,18H,4-5,9H2,1-3H3. The number of hydrogen-bond donors (Lipinski definition) is 1. The molecule has 0 bridgehead atoms. The lowest BCUT2D eigenvalue weighted by atomic mass is 9.61. The van der Waals surface area contributed by atoms with Crippen molar-refractivity contribution >= 4 is 27.5 Å². The zero-order valence-corrected chi connectivity index (χ0v) is 14.0. The lowest BCUT2D eigenvalue weighted by molar-refractivity contribution is -0.0700. The summed E-state index contributed by atoms with van der Waals surface area (Å²) < 4.78 is 7.10. The van der Waals surface area contributed by atoms with Crippen LogP contribution in [0.1, 0.15) is 33.6 Å². The van der Waals surface area contributed by atoms with Crippen molar-refractivity contribution in [2.24, 2.45) is 5.41 Å². The van der Waals surface area contributed by atoms with Crippen molar-refractivity contribution < 1.29 is 4.74 Å². The summed E-state index contributed by atoms with van der Waals surface area (Å²) >= 11 is 9.46. The van der Waals surface area contributed by atoms with Gasteiger partial charge in [0.05, 0.1) is 4.47 Å². The first-order valence-electron chi connectivity index (χ1n) is 6.86. The molecule has 1 N–H and O–H groups in total. The number of halogens is 2. The predicted molar refractivity (Wildman–Crippen MR) is 84.0 cm³/mol. The molecular formula is C15H21BrClNO. The van der Waals surface area contributed by atoms with E-state index in [9.17, 15) is 0 Å². The fourth-order valence-corrected chi connectivity index (χ4v) is 3.54. The van der Waals surface area contributed by atoms with Crippen LogP contribution in [0.5, 0.6) is 5.75 Å². The third kappa shape index (κ3) is 2.93. The minimum Gasteiger partial charge on any atom is -0.489 e. The predicted octanol–water partition coefficient (Wildman–Crippen LogP) is 4.65. The van der Waals surface area contributed by atoms with Gasteiger partial charge in [0.15, 0.2) is 0 Å². The number of hydrogen-bond acceptors (Lipinski definition) is 2. The summed E-state index contributed by atoms with van der Waals surface area (Å²) in [6.07, 6.45) is 2.44. The Bertz CT molecular complexity index is 454. The van der Waals surface area contributed by atoms with E-state index >= 15 is 0 Å². The van der Waals surface area contributed by atoms with Gasteiger partial charge >= 0.3 is 0 Å². The number of nitrogens with one attached hydrogen (secondary N) is 1. The maximum absolute atomic E-state index is 6.17. The quantitative estimate of drug-likeness (QED) is 0.838. The van der Waals surface area contributed by atoms with Crippen LogP contribution in [0.2, 0.25) is 5.02 Å². The molecule has 1 aromatic rings. The average Bonchev–Trinajstić information content (AvgIpc) is 2.39. The van der Waals surface area contributed by atoms with Crippen LogP contribution in [0, 0.1) is 5.41 Å². The highest BCUT2D eigenvalue weighted by Gasteiger charge is 2.51. The van der Waals surface area contributed by atoms with Crippen LogP contribution >= 0.6 is 27.5 Å². The van der Waals surface area contributed by atoms with Gasteiger partial charge in [0.1, 0.15) is 11.9 Å². The second-order valence-electron chi connectivity index (χ2n) is 5.39. The van der Waals surface area contributed by atoms with Gasteiger partial charge in [-0.3, -0.25) is 0 Å². The molecule has 4 heteroatoms. The van der Waals surface area contributed by atoms with E-state index in [0.717, 1.165) is 34.6 Å². The molecule has 2 rings (SSSR count). The van der Waals surface area contributed by atoms with E-state index in [4.69, 9.17) is 16.3 Å². The zero-order chi connectivity index (χ0) is 14.0. The molecule has 3 unspecified atom stereocenters. The summed E-state index contributed by atoms with van der Waals surface area (Å²) in [5.41, 5.74) is 0.203. The molecule has 1 saturated carbocycles. The molecule has 3 atom stereocenters. The Morgan fingerprint density at radius 1 is 1.47 bits per heavy atom. The van der Waals surface area contributed by atoms with E-state index in [1.54, 1.807) is 0 Å². The number of ether oxygens (including phenoxy) is 1. The Morgan fingerprint density at radius 3 is 2.79 bits per heavy atom. The van der Waals surface area contributed by atoms with E-state index in [0.29, 0.717) is 6.04 Å². The van der Waals surface area contributed by atoms with E-state index in [2.05, 4.69) is 42.0 Å². The van der Waals surface area contributed by atoms with Gasteiger partial charge in [0, 0.05) is 22.9 Å². The second-order valence-corrected chi connectivity index (χ2v) is 6.68. The van der Waals surface area contributed by atoms with Gasteiger partial charge in [0.25, 0.3) is 0 Å². The Hall–Kier alpha value is -0.250. The van der Waals surface area contributed by atoms with Gasteiger partial charge in [-0.05, 0) is 47.1 Å². The molecule has 2 nitrogen and oxygen atoms in total. The largest absolute Gasteiger partial charge is 0.489 e. The molecule has 0 spiro atoms. The number of benzene rings is 1. The average molecular weight is 347 g/mol. The van der Waals surface area contributed by atoms with Crippen molar-refractivity contribution in [2.45, 2.75) is 45.8 Å². The van der Waals surface area contributed by atoms with Crippen LogP contribution in [-0.2, 0) is 0 Å². The summed E-state index contributed by atoms with van der Waals surface area (Å²) in [5, 5.41) is 4.27. The Morgan fingerprint density at radius 2 is 2.21 bits per heavy atom. The molecule has 1 aromatic carbocycles. The Balaban J connectivity index is 2.08. The maximum Gasteiger partial charge on any atom is 0.134 e. The van der Waals surface area contributed by atoms with Crippen molar-refractivity contribution in [3.8, 4) is 5.75 Å². The van der Waals surface area contributed by atoms with E-state index in [1.807, 2.05) is 18.2 Å². The van der Waals surface area contributed by atoms with Crippen LogP contribution in [0.15, 0.2) is 22.7 Å². The lowest BCUT2D eigenvalue weighted by Crippen LogP contribution is -2.63. The van der Waals surface area contributed by atoms with Crippen LogP contribution in [0.4, 0.5) is 0 Å². The van der Waals surface area contributed by atoms with Crippen molar-refractivity contribution in [3.05, 3.63) is 27.7 Å². The summed E-state index contributed by atoms with van der Waals surface area (Å²) in [5.74, 6) is 0.879. The Labute approximate surface area is 129 Å². The highest BCUT2D eigenvalue weighted by molar-refractivity contribution is 9.10. The molecule has 1 aliphatic rings. The molecule has 19 heavy (non-hydrogen) atoms. The third-order valence-electron chi connectivity index (χ3n) is 4.36. The minimum atomic E-state index is 0.203. The molecule has 0 heterocycles. The van der Waals surface area contributed by atoms with E-state index in [1.165, 1.54) is 0 Å². The molecule has 0 saturated heterocycles. The molecule has 106 valence electrons. The minimum absolute atomic E-state index is 0.203. The van der Waals surface area contributed by atoms with Crippen molar-refractivity contribution in [2.75, 3.05) is 6.54 Å². The summed E-state index contributed by atoms with van der Waals surface area (Å²) in [6, 6.07) is 6.23. The van der Waals surface area contributed by atoms with Gasteiger partial charge in [-0.15, -0.1) is 0 Å². The molecule has 0 radical (unpaired) electrons. The van der Waals surface area contributed by atoms with Crippen molar-refractivity contribution in [1.29, 1.82) is 0 Å². The summed E-state index contributed by atoms with van der Waals surface area (Å²) in [6.45, 7) is 7.70. The molecule has 1 fully saturated rings. The molecule has 0 amide bonds. The van der Waals surface area contributed by atoms with Gasteiger partial charge < -0.3 is 10.1 Å². The van der Waals surface area contributed by atoms with Crippen molar-refractivity contribution in [3.63, 3.8) is 0 Å². The van der Waals surface area contributed by atoms with Crippen LogP contribution in [0.25, 0.3) is 0 Å². The second kappa shape index (κ2) is 6.02. The molecular weight excluding hydrogens is 326 g/mol. The van der Waals surface area contributed by atoms with Crippen molar-refractivity contribution in [1.82, 2.24) is 5.32 Å². The highest BCUT2D eigenvalue weighted by atomic mass is 79.9. The lowest BCUT2D eigenvalue weighted by Gasteiger charge is -2.53. The molecule has 1 aliphatic carbocycles. The zero-order valence-electron chi connectivity index (χ0n) is 11.7. The van der Waals surface area contributed by atoms with Gasteiger partial charge in [0.2, 0.25) is 0 Å². The first-order chi connectivity index (χ1) is 9.01. The van der Waals surface area contributed by atoms with Crippen LogP contribution in [0.3, 0.4) is 0 Å². The highest BCUT2D eigenvalue weighted by Crippen LogP contribution is 2.46.